The smallest absolute Gasteiger partial charge is 0.253 e. The molecule has 1 aromatic carbocycles. The lowest BCUT2D eigenvalue weighted by molar-refractivity contribution is 0.0707. The zero-order valence-electron chi connectivity index (χ0n) is 10.9. The Balaban J connectivity index is 2.05. The molecule has 0 unspecified atom stereocenters. The minimum Gasteiger partial charge on any atom is -0.508 e. The maximum atomic E-state index is 12.3. The summed E-state index contributed by atoms with van der Waals surface area (Å²) in [6.07, 6.45) is 2.00. The molecule has 18 heavy (non-hydrogen) atoms. The number of nitrogens with zero attached hydrogens (tertiary/aromatic N) is 1. The highest BCUT2D eigenvalue weighted by atomic mass is 16.3. The highest BCUT2D eigenvalue weighted by molar-refractivity contribution is 5.94. The fraction of sp³-hybridized carbons (Fsp3) is 0.500. The topological polar surface area (TPSA) is 52.6 Å². The van der Waals surface area contributed by atoms with Gasteiger partial charge in [0.2, 0.25) is 0 Å². The Morgan fingerprint density at radius 2 is 2.06 bits per heavy atom. The van der Waals surface area contributed by atoms with Crippen LogP contribution >= 0.6 is 0 Å². The molecule has 1 amide bonds. The molecule has 1 aliphatic rings. The van der Waals surface area contributed by atoms with Gasteiger partial charge in [-0.05, 0) is 50.6 Å². The summed E-state index contributed by atoms with van der Waals surface area (Å²) in [6.45, 7) is 3.40. The van der Waals surface area contributed by atoms with E-state index in [9.17, 15) is 9.90 Å². The molecule has 0 aliphatic carbocycles. The number of piperidine rings is 1. The van der Waals surface area contributed by atoms with Gasteiger partial charge in [0.25, 0.3) is 5.91 Å². The average Bonchev–Trinajstić information content (AvgIpc) is 2.41. The van der Waals surface area contributed by atoms with Gasteiger partial charge in [0.05, 0.1) is 0 Å². The number of hydrogen-bond donors (Lipinski definition) is 2. The first-order valence-electron chi connectivity index (χ1n) is 6.38. The molecule has 0 spiro atoms. The predicted octanol–water partition coefficient (Wildman–Crippen LogP) is 1.52. The zero-order chi connectivity index (χ0) is 13.1. The van der Waals surface area contributed by atoms with E-state index in [1.54, 1.807) is 25.1 Å². The molecular formula is C14H20N2O2. The second kappa shape index (κ2) is 5.40. The normalized spacial score (nSPS) is 16.9. The lowest BCUT2D eigenvalue weighted by atomic mass is 10.0. The third-order valence-corrected chi connectivity index (χ3v) is 3.63. The lowest BCUT2D eigenvalue weighted by Gasteiger charge is -2.32. The SMILES string of the molecule is CNC1CCN(C(=O)c2ccc(O)c(C)c2)CC1. The van der Waals surface area contributed by atoms with Gasteiger partial charge in [-0.2, -0.15) is 0 Å². The van der Waals surface area contributed by atoms with E-state index in [1.807, 2.05) is 11.9 Å². The van der Waals surface area contributed by atoms with E-state index in [1.165, 1.54) is 0 Å². The summed E-state index contributed by atoms with van der Waals surface area (Å²) < 4.78 is 0. The van der Waals surface area contributed by atoms with Gasteiger partial charge in [-0.15, -0.1) is 0 Å². The van der Waals surface area contributed by atoms with Gasteiger partial charge in [0.1, 0.15) is 5.75 Å². The number of amides is 1. The molecular weight excluding hydrogens is 228 g/mol. The lowest BCUT2D eigenvalue weighted by Crippen LogP contribution is -2.43. The van der Waals surface area contributed by atoms with E-state index in [2.05, 4.69) is 5.32 Å². The van der Waals surface area contributed by atoms with E-state index in [-0.39, 0.29) is 11.7 Å². The van der Waals surface area contributed by atoms with Crippen LogP contribution in [0.3, 0.4) is 0 Å². The molecule has 2 N–H and O–H groups in total. The van der Waals surface area contributed by atoms with E-state index in [0.29, 0.717) is 11.6 Å². The maximum absolute atomic E-state index is 12.3. The molecule has 1 aliphatic heterocycles. The quantitative estimate of drug-likeness (QED) is 0.834. The third kappa shape index (κ3) is 2.64. The molecule has 1 aromatic rings. The second-order valence-electron chi connectivity index (χ2n) is 4.86. The van der Waals surface area contributed by atoms with Crippen molar-refractivity contribution in [3.8, 4) is 5.75 Å². The molecule has 98 valence electrons. The van der Waals surface area contributed by atoms with Crippen LogP contribution < -0.4 is 5.32 Å². The first-order valence-corrected chi connectivity index (χ1v) is 6.38. The van der Waals surface area contributed by atoms with Crippen molar-refractivity contribution in [2.24, 2.45) is 0 Å². The zero-order valence-corrected chi connectivity index (χ0v) is 10.9. The highest BCUT2D eigenvalue weighted by Gasteiger charge is 2.22. The number of phenolic OH excluding ortho intramolecular Hbond substituents is 1. The standard InChI is InChI=1S/C14H20N2O2/c1-10-9-11(3-4-13(10)17)14(18)16-7-5-12(15-2)6-8-16/h3-4,9,12,15,17H,5-8H2,1-2H3. The second-order valence-corrected chi connectivity index (χ2v) is 4.86. The fourth-order valence-corrected chi connectivity index (χ4v) is 2.34. The van der Waals surface area contributed by atoms with Crippen molar-refractivity contribution < 1.29 is 9.90 Å². The van der Waals surface area contributed by atoms with Crippen LogP contribution in [0.1, 0.15) is 28.8 Å². The van der Waals surface area contributed by atoms with Gasteiger partial charge >= 0.3 is 0 Å². The van der Waals surface area contributed by atoms with Crippen LogP contribution in [-0.4, -0.2) is 42.1 Å². The largest absolute Gasteiger partial charge is 0.508 e. The number of carbonyl (C=O) groups is 1. The summed E-state index contributed by atoms with van der Waals surface area (Å²) in [5.41, 5.74) is 1.40. The molecule has 1 saturated heterocycles. The maximum Gasteiger partial charge on any atom is 0.253 e. The minimum absolute atomic E-state index is 0.0626. The first-order chi connectivity index (χ1) is 8.61. The summed E-state index contributed by atoms with van der Waals surface area (Å²) in [6, 6.07) is 5.55. The number of carbonyl (C=O) groups excluding carboxylic acids is 1. The van der Waals surface area contributed by atoms with Crippen LogP contribution in [-0.2, 0) is 0 Å². The number of hydrogen-bond acceptors (Lipinski definition) is 3. The Labute approximate surface area is 108 Å². The van der Waals surface area contributed by atoms with Crippen molar-refractivity contribution in [1.82, 2.24) is 10.2 Å². The van der Waals surface area contributed by atoms with Crippen molar-refractivity contribution in [1.29, 1.82) is 0 Å². The van der Waals surface area contributed by atoms with Gasteiger partial charge in [-0.1, -0.05) is 0 Å². The predicted molar refractivity (Wildman–Crippen MR) is 70.8 cm³/mol. The van der Waals surface area contributed by atoms with Gasteiger partial charge in [-0.3, -0.25) is 4.79 Å². The van der Waals surface area contributed by atoms with E-state index < -0.39 is 0 Å². The minimum atomic E-state index is 0.0626. The average molecular weight is 248 g/mol. The number of phenols is 1. The van der Waals surface area contributed by atoms with E-state index in [4.69, 9.17) is 0 Å². The monoisotopic (exact) mass is 248 g/mol. The van der Waals surface area contributed by atoms with Crippen molar-refractivity contribution in [2.75, 3.05) is 20.1 Å². The number of benzene rings is 1. The van der Waals surface area contributed by atoms with E-state index >= 15 is 0 Å². The Bertz CT molecular complexity index is 437. The summed E-state index contributed by atoms with van der Waals surface area (Å²) in [5, 5.41) is 12.7. The Morgan fingerprint density at radius 3 is 2.61 bits per heavy atom. The van der Waals surface area contributed by atoms with Crippen molar-refractivity contribution in [3.05, 3.63) is 29.3 Å². The van der Waals surface area contributed by atoms with Crippen LogP contribution in [0.5, 0.6) is 5.75 Å². The molecule has 2 rings (SSSR count). The third-order valence-electron chi connectivity index (χ3n) is 3.63. The molecule has 0 saturated carbocycles. The van der Waals surface area contributed by atoms with Crippen LogP contribution in [0.2, 0.25) is 0 Å². The summed E-state index contributed by atoms with van der Waals surface area (Å²) >= 11 is 0. The van der Waals surface area contributed by atoms with Gasteiger partial charge < -0.3 is 15.3 Å². The summed E-state index contributed by atoms with van der Waals surface area (Å²) in [4.78, 5) is 14.2. The Kier molecular flexibility index (Phi) is 3.87. The highest BCUT2D eigenvalue weighted by Crippen LogP contribution is 2.19. The fourth-order valence-electron chi connectivity index (χ4n) is 2.34. The molecule has 4 nitrogen and oxygen atoms in total. The van der Waals surface area contributed by atoms with Crippen LogP contribution in [0.4, 0.5) is 0 Å². The number of rotatable bonds is 2. The number of aromatic hydroxyl groups is 1. The number of likely N-dealkylation sites (tertiary alicyclic amines) is 1. The number of nitrogens with one attached hydrogen (secondary N) is 1. The summed E-state index contributed by atoms with van der Waals surface area (Å²) in [5.74, 6) is 0.299. The van der Waals surface area contributed by atoms with Crippen LogP contribution in [0.15, 0.2) is 18.2 Å². The molecule has 0 radical (unpaired) electrons. The van der Waals surface area contributed by atoms with Crippen molar-refractivity contribution in [3.63, 3.8) is 0 Å². The van der Waals surface area contributed by atoms with Gasteiger partial charge in [0, 0.05) is 24.7 Å². The molecule has 4 heteroatoms. The number of aryl methyl sites for hydroxylation is 1. The van der Waals surface area contributed by atoms with Crippen LogP contribution in [0, 0.1) is 6.92 Å². The van der Waals surface area contributed by atoms with Crippen molar-refractivity contribution >= 4 is 5.91 Å². The van der Waals surface area contributed by atoms with Crippen LogP contribution in [0.25, 0.3) is 0 Å². The van der Waals surface area contributed by atoms with E-state index in [0.717, 1.165) is 31.5 Å². The molecule has 1 fully saturated rings. The molecule has 0 aromatic heterocycles. The Hall–Kier alpha value is -1.55. The molecule has 0 atom stereocenters. The summed E-state index contributed by atoms with van der Waals surface area (Å²) in [7, 11) is 1.96. The van der Waals surface area contributed by atoms with Gasteiger partial charge in [0.15, 0.2) is 0 Å². The molecule has 1 heterocycles. The van der Waals surface area contributed by atoms with Crippen molar-refractivity contribution in [2.45, 2.75) is 25.8 Å². The first kappa shape index (κ1) is 12.9. The molecule has 0 bridgehead atoms. The Morgan fingerprint density at radius 1 is 1.39 bits per heavy atom. The van der Waals surface area contributed by atoms with Gasteiger partial charge in [-0.25, -0.2) is 0 Å².